The maximum atomic E-state index is 11.7. The van der Waals surface area contributed by atoms with Crippen molar-refractivity contribution < 1.29 is 4.79 Å². The van der Waals surface area contributed by atoms with Gasteiger partial charge in [-0.25, -0.2) is 9.67 Å². The molecular weight excluding hydrogens is 284 g/mol. The molecule has 84 valence electrons. The molecule has 0 unspecified atom stereocenters. The van der Waals surface area contributed by atoms with Crippen LogP contribution in [-0.4, -0.2) is 26.8 Å². The average molecular weight is 291 g/mol. The molecule has 3 heterocycles. The van der Waals surface area contributed by atoms with Crippen molar-refractivity contribution in [1.29, 1.82) is 0 Å². The minimum atomic E-state index is 0.0601. The minimum absolute atomic E-state index is 0.0601. The quantitative estimate of drug-likeness (QED) is 0.810. The number of hydrogen-bond donors (Lipinski definition) is 0. The van der Waals surface area contributed by atoms with Gasteiger partial charge in [-0.15, -0.1) is 0 Å². The smallest absolute Gasteiger partial charge is 0.180 e. The van der Waals surface area contributed by atoms with Crippen molar-refractivity contribution in [2.45, 2.75) is 6.42 Å². The van der Waals surface area contributed by atoms with Gasteiger partial charge in [0.15, 0.2) is 11.6 Å². The lowest BCUT2D eigenvalue weighted by atomic mass is 10.1. The van der Waals surface area contributed by atoms with Crippen molar-refractivity contribution in [2.24, 2.45) is 4.99 Å². The fraction of sp³-hybridized carbons (Fsp3) is 0.0909. The molecule has 6 heteroatoms. The summed E-state index contributed by atoms with van der Waals surface area (Å²) < 4.78 is 2.45. The molecule has 0 aliphatic carbocycles. The van der Waals surface area contributed by atoms with Crippen molar-refractivity contribution in [1.82, 2.24) is 14.8 Å². The van der Waals surface area contributed by atoms with Gasteiger partial charge in [0.25, 0.3) is 0 Å². The van der Waals surface area contributed by atoms with Crippen LogP contribution < -0.4 is 0 Å². The molecule has 2 aromatic rings. The van der Waals surface area contributed by atoms with Gasteiger partial charge < -0.3 is 0 Å². The second-order valence-electron chi connectivity index (χ2n) is 3.57. The molecule has 0 atom stereocenters. The number of aromatic nitrogens is 3. The Morgan fingerprint density at radius 2 is 2.29 bits per heavy atom. The second kappa shape index (κ2) is 3.89. The van der Waals surface area contributed by atoms with Gasteiger partial charge in [-0.05, 0) is 22.0 Å². The largest absolute Gasteiger partial charge is 0.294 e. The van der Waals surface area contributed by atoms with Crippen LogP contribution in [-0.2, 0) is 0 Å². The normalized spacial score (nSPS) is 13.8. The molecule has 0 amide bonds. The number of hydrogen-bond acceptors (Lipinski definition) is 4. The Morgan fingerprint density at radius 1 is 1.41 bits per heavy atom. The Labute approximate surface area is 105 Å². The molecule has 1 aliphatic heterocycles. The first-order valence-corrected chi connectivity index (χ1v) is 5.80. The molecule has 0 aromatic carbocycles. The zero-order valence-electron chi connectivity index (χ0n) is 8.67. The molecule has 0 saturated carbocycles. The molecule has 0 bridgehead atoms. The van der Waals surface area contributed by atoms with Crippen LogP contribution in [0.5, 0.6) is 0 Å². The Kier molecular flexibility index (Phi) is 2.36. The number of fused-ring (bicyclic) bond motifs is 1. The fourth-order valence-corrected chi connectivity index (χ4v) is 1.99. The van der Waals surface area contributed by atoms with Crippen molar-refractivity contribution in [2.75, 3.05) is 0 Å². The van der Waals surface area contributed by atoms with E-state index >= 15 is 0 Å². The van der Waals surface area contributed by atoms with E-state index in [1.807, 2.05) is 0 Å². The summed E-state index contributed by atoms with van der Waals surface area (Å²) in [7, 11) is 0. The Morgan fingerprint density at radius 3 is 3.06 bits per heavy atom. The number of aliphatic imine (C=N–C) groups is 1. The summed E-state index contributed by atoms with van der Waals surface area (Å²) in [6, 6.07) is 1.69. The fourth-order valence-electron chi connectivity index (χ4n) is 1.71. The lowest BCUT2D eigenvalue weighted by Crippen LogP contribution is -2.08. The van der Waals surface area contributed by atoms with Crippen LogP contribution in [0.25, 0.3) is 5.82 Å². The van der Waals surface area contributed by atoms with Crippen LogP contribution in [0.3, 0.4) is 0 Å². The van der Waals surface area contributed by atoms with E-state index in [0.717, 1.165) is 4.47 Å². The van der Waals surface area contributed by atoms with Crippen LogP contribution in [0, 0.1) is 0 Å². The second-order valence-corrected chi connectivity index (χ2v) is 4.49. The Hall–Kier alpha value is -1.82. The molecule has 5 nitrogen and oxygen atoms in total. The van der Waals surface area contributed by atoms with Crippen molar-refractivity contribution >= 4 is 33.6 Å². The SMILES string of the molecule is O=C1CC=Nc2c1ccnc2-n1cc(Br)cn1. The number of carbonyl (C=O) groups excluding carboxylic acids is 1. The first kappa shape index (κ1) is 10.3. The summed E-state index contributed by atoms with van der Waals surface area (Å²) >= 11 is 3.32. The van der Waals surface area contributed by atoms with Crippen molar-refractivity contribution in [3.05, 3.63) is 34.7 Å². The molecule has 17 heavy (non-hydrogen) atoms. The summed E-state index contributed by atoms with van der Waals surface area (Å²) in [5.41, 5.74) is 1.18. The third kappa shape index (κ3) is 1.70. The minimum Gasteiger partial charge on any atom is -0.294 e. The number of halogens is 1. The zero-order valence-corrected chi connectivity index (χ0v) is 10.3. The summed E-state index contributed by atoms with van der Waals surface area (Å²) in [6.07, 6.45) is 6.99. The van der Waals surface area contributed by atoms with E-state index in [1.165, 1.54) is 0 Å². The van der Waals surface area contributed by atoms with E-state index in [4.69, 9.17) is 0 Å². The van der Waals surface area contributed by atoms with Gasteiger partial charge in [0.1, 0.15) is 5.69 Å². The number of Topliss-reactive ketones (excluding diaryl/α,β-unsaturated/α-hetero) is 1. The predicted molar refractivity (Wildman–Crippen MR) is 66.2 cm³/mol. The van der Waals surface area contributed by atoms with Gasteiger partial charge in [-0.1, -0.05) is 0 Å². The van der Waals surface area contributed by atoms with Gasteiger partial charge in [0.05, 0.1) is 10.7 Å². The predicted octanol–water partition coefficient (Wildman–Crippen LogP) is 2.32. The topological polar surface area (TPSA) is 60.1 Å². The van der Waals surface area contributed by atoms with Crippen LogP contribution >= 0.6 is 15.9 Å². The molecule has 0 N–H and O–H groups in total. The monoisotopic (exact) mass is 290 g/mol. The number of carbonyl (C=O) groups is 1. The highest BCUT2D eigenvalue weighted by molar-refractivity contribution is 9.10. The summed E-state index contributed by atoms with van der Waals surface area (Å²) in [4.78, 5) is 20.2. The number of pyridine rings is 1. The highest BCUT2D eigenvalue weighted by Crippen LogP contribution is 2.29. The molecule has 0 fully saturated rings. The average Bonchev–Trinajstić information content (AvgIpc) is 2.76. The zero-order chi connectivity index (χ0) is 11.8. The Balaban J connectivity index is 2.23. The van der Waals surface area contributed by atoms with E-state index in [-0.39, 0.29) is 5.78 Å². The van der Waals surface area contributed by atoms with Gasteiger partial charge in [-0.3, -0.25) is 9.79 Å². The maximum Gasteiger partial charge on any atom is 0.180 e. The van der Waals surface area contributed by atoms with Crippen LogP contribution in [0.4, 0.5) is 5.69 Å². The van der Waals surface area contributed by atoms with E-state index in [9.17, 15) is 4.79 Å². The summed E-state index contributed by atoms with van der Waals surface area (Å²) in [5, 5.41) is 4.14. The molecule has 3 rings (SSSR count). The molecule has 2 aromatic heterocycles. The van der Waals surface area contributed by atoms with Crippen molar-refractivity contribution in [3.8, 4) is 5.82 Å². The number of ketones is 1. The number of nitrogens with zero attached hydrogens (tertiary/aromatic N) is 4. The first-order valence-electron chi connectivity index (χ1n) is 5.01. The van der Waals surface area contributed by atoms with Crippen LogP contribution in [0.2, 0.25) is 0 Å². The van der Waals surface area contributed by atoms with Gasteiger partial charge in [0.2, 0.25) is 0 Å². The lowest BCUT2D eigenvalue weighted by molar-refractivity contribution is 0.100. The van der Waals surface area contributed by atoms with Crippen LogP contribution in [0.15, 0.2) is 34.1 Å². The van der Waals surface area contributed by atoms with E-state index in [0.29, 0.717) is 23.5 Å². The van der Waals surface area contributed by atoms with E-state index in [2.05, 4.69) is 31.0 Å². The Bertz CT molecular complexity index is 632. The first-order chi connectivity index (χ1) is 8.25. The number of rotatable bonds is 1. The highest BCUT2D eigenvalue weighted by Gasteiger charge is 2.19. The lowest BCUT2D eigenvalue weighted by Gasteiger charge is -2.11. The standard InChI is InChI=1S/C11H7BrN4O/c12-7-5-15-16(6-7)11-10-8(1-3-14-11)9(17)2-4-13-10/h1,3-6H,2H2. The van der Waals surface area contributed by atoms with Crippen LogP contribution in [0.1, 0.15) is 16.8 Å². The molecule has 0 spiro atoms. The highest BCUT2D eigenvalue weighted by atomic mass is 79.9. The van der Waals surface area contributed by atoms with E-state index in [1.54, 1.807) is 35.6 Å². The van der Waals surface area contributed by atoms with Crippen molar-refractivity contribution in [3.63, 3.8) is 0 Å². The third-order valence-corrected chi connectivity index (χ3v) is 2.88. The van der Waals surface area contributed by atoms with E-state index < -0.39 is 0 Å². The molecule has 0 radical (unpaired) electrons. The third-order valence-electron chi connectivity index (χ3n) is 2.47. The maximum absolute atomic E-state index is 11.7. The van der Waals surface area contributed by atoms with Gasteiger partial charge in [-0.2, -0.15) is 5.10 Å². The summed E-state index contributed by atoms with van der Waals surface area (Å²) in [5.74, 6) is 0.627. The van der Waals surface area contributed by atoms with Gasteiger partial charge >= 0.3 is 0 Å². The molecule has 0 saturated heterocycles. The molecular formula is C11H7BrN4O. The summed E-state index contributed by atoms with van der Waals surface area (Å²) in [6.45, 7) is 0. The molecule has 1 aliphatic rings. The van der Waals surface area contributed by atoms with Gasteiger partial charge in [0, 0.05) is 30.6 Å².